The lowest BCUT2D eigenvalue weighted by Crippen LogP contribution is -2.07. The average Bonchev–Trinajstić information content (AvgIpc) is 2.10. The Morgan fingerprint density at radius 3 is 2.23 bits per heavy atom. The van der Waals surface area contributed by atoms with E-state index < -0.39 is 0 Å². The molecule has 0 saturated carbocycles. The van der Waals surface area contributed by atoms with E-state index in [1.165, 1.54) is 32.1 Å². The molecule has 0 nitrogen and oxygen atoms in total. The van der Waals surface area contributed by atoms with Crippen molar-refractivity contribution in [1.29, 1.82) is 0 Å². The molecule has 0 rings (SSSR count). The van der Waals surface area contributed by atoms with Gasteiger partial charge in [-0.15, -0.1) is 0 Å². The highest BCUT2D eigenvalue weighted by Crippen LogP contribution is 2.22. The van der Waals surface area contributed by atoms with Crippen molar-refractivity contribution in [2.24, 2.45) is 11.8 Å². The Balaban J connectivity index is 3.73. The molecule has 0 amide bonds. The van der Waals surface area contributed by atoms with Crippen molar-refractivity contribution in [3.05, 3.63) is 12.2 Å². The second-order valence-corrected chi connectivity index (χ2v) is 4.26. The highest BCUT2D eigenvalue weighted by molar-refractivity contribution is 4.83. The average molecular weight is 182 g/mol. The summed E-state index contributed by atoms with van der Waals surface area (Å²) in [6, 6.07) is 0. The van der Waals surface area contributed by atoms with Crippen LogP contribution in [0.15, 0.2) is 12.2 Å². The maximum atomic E-state index is 2.36. The van der Waals surface area contributed by atoms with Crippen LogP contribution in [0, 0.1) is 11.8 Å². The Labute approximate surface area is 84.4 Å². The third-order valence-corrected chi connectivity index (χ3v) is 2.71. The van der Waals surface area contributed by atoms with Crippen LogP contribution in [0.25, 0.3) is 0 Å². The van der Waals surface area contributed by atoms with Gasteiger partial charge in [-0.1, -0.05) is 52.7 Å². The molecule has 1 atom stereocenters. The maximum Gasteiger partial charge on any atom is -0.0320 e. The van der Waals surface area contributed by atoms with Gasteiger partial charge in [0.1, 0.15) is 0 Å². The van der Waals surface area contributed by atoms with Crippen LogP contribution in [-0.2, 0) is 0 Å². The van der Waals surface area contributed by atoms with Gasteiger partial charge < -0.3 is 0 Å². The first-order chi connectivity index (χ1) is 6.22. The van der Waals surface area contributed by atoms with Crippen molar-refractivity contribution in [3.63, 3.8) is 0 Å². The molecule has 0 aliphatic carbocycles. The van der Waals surface area contributed by atoms with Gasteiger partial charge in [-0.2, -0.15) is 0 Å². The zero-order valence-electron chi connectivity index (χ0n) is 9.84. The highest BCUT2D eigenvalue weighted by atomic mass is 14.2. The standard InChI is InChI=1S/C13H26/c1-5-7-9-11-13(12(3)4)10-8-6-2/h7,9,12-13H,5-6,8,10-11H2,1-4H3/b9-7+. The van der Waals surface area contributed by atoms with Crippen molar-refractivity contribution in [2.45, 2.75) is 59.8 Å². The molecule has 0 fully saturated rings. The third-order valence-electron chi connectivity index (χ3n) is 2.71. The summed E-state index contributed by atoms with van der Waals surface area (Å²) in [6.07, 6.45) is 11.2. The van der Waals surface area contributed by atoms with E-state index in [4.69, 9.17) is 0 Å². The summed E-state index contributed by atoms with van der Waals surface area (Å²) >= 11 is 0. The van der Waals surface area contributed by atoms with E-state index in [-0.39, 0.29) is 0 Å². The Hall–Kier alpha value is -0.260. The van der Waals surface area contributed by atoms with E-state index in [2.05, 4.69) is 39.8 Å². The first kappa shape index (κ1) is 12.7. The number of hydrogen-bond donors (Lipinski definition) is 0. The van der Waals surface area contributed by atoms with E-state index in [1.54, 1.807) is 0 Å². The SMILES string of the molecule is CC/C=C/CC(CCCC)C(C)C. The molecule has 0 saturated heterocycles. The first-order valence-electron chi connectivity index (χ1n) is 5.87. The molecule has 0 heterocycles. The fraction of sp³-hybridized carbons (Fsp3) is 0.846. The lowest BCUT2D eigenvalue weighted by molar-refractivity contribution is 0.353. The lowest BCUT2D eigenvalue weighted by atomic mass is 9.88. The predicted octanol–water partition coefficient (Wildman–Crippen LogP) is 4.81. The van der Waals surface area contributed by atoms with Gasteiger partial charge in [0.15, 0.2) is 0 Å². The van der Waals surface area contributed by atoms with Crippen LogP contribution in [0.4, 0.5) is 0 Å². The molecule has 0 aliphatic heterocycles. The molecule has 0 N–H and O–H groups in total. The second-order valence-electron chi connectivity index (χ2n) is 4.26. The van der Waals surface area contributed by atoms with Gasteiger partial charge in [0.25, 0.3) is 0 Å². The van der Waals surface area contributed by atoms with Crippen molar-refractivity contribution in [1.82, 2.24) is 0 Å². The maximum absolute atomic E-state index is 2.36. The minimum atomic E-state index is 0.841. The summed E-state index contributed by atoms with van der Waals surface area (Å²) in [6.45, 7) is 9.17. The van der Waals surface area contributed by atoms with Crippen LogP contribution in [0.1, 0.15) is 59.8 Å². The minimum absolute atomic E-state index is 0.841. The van der Waals surface area contributed by atoms with Gasteiger partial charge in [0, 0.05) is 0 Å². The van der Waals surface area contributed by atoms with Crippen molar-refractivity contribution >= 4 is 0 Å². The van der Waals surface area contributed by atoms with E-state index >= 15 is 0 Å². The number of hydrogen-bond acceptors (Lipinski definition) is 0. The monoisotopic (exact) mass is 182 g/mol. The van der Waals surface area contributed by atoms with Crippen molar-refractivity contribution in [3.8, 4) is 0 Å². The second kappa shape index (κ2) is 8.34. The molecule has 0 bridgehead atoms. The van der Waals surface area contributed by atoms with Gasteiger partial charge in [-0.3, -0.25) is 0 Å². The fourth-order valence-electron chi connectivity index (χ4n) is 1.63. The van der Waals surface area contributed by atoms with E-state index in [0.29, 0.717) is 0 Å². The minimum Gasteiger partial charge on any atom is -0.0888 e. The summed E-state index contributed by atoms with van der Waals surface area (Å²) in [5, 5.41) is 0. The Morgan fingerprint density at radius 1 is 1.08 bits per heavy atom. The molecular formula is C13H26. The van der Waals surface area contributed by atoms with E-state index in [9.17, 15) is 0 Å². The Kier molecular flexibility index (Phi) is 8.18. The summed E-state index contributed by atoms with van der Waals surface area (Å²) in [5.41, 5.74) is 0. The Morgan fingerprint density at radius 2 is 1.77 bits per heavy atom. The molecule has 0 aromatic carbocycles. The molecule has 0 radical (unpaired) electrons. The number of rotatable bonds is 7. The molecule has 0 aromatic heterocycles. The van der Waals surface area contributed by atoms with Crippen molar-refractivity contribution in [2.75, 3.05) is 0 Å². The molecular weight excluding hydrogens is 156 g/mol. The molecule has 13 heavy (non-hydrogen) atoms. The summed E-state index contributed by atoms with van der Waals surface area (Å²) in [4.78, 5) is 0. The summed E-state index contributed by atoms with van der Waals surface area (Å²) in [5.74, 6) is 1.75. The van der Waals surface area contributed by atoms with Gasteiger partial charge in [-0.05, 0) is 31.1 Å². The summed E-state index contributed by atoms with van der Waals surface area (Å²) < 4.78 is 0. The van der Waals surface area contributed by atoms with Crippen LogP contribution in [0.5, 0.6) is 0 Å². The topological polar surface area (TPSA) is 0 Å². The molecule has 0 heteroatoms. The fourth-order valence-corrected chi connectivity index (χ4v) is 1.63. The van der Waals surface area contributed by atoms with E-state index in [0.717, 1.165) is 11.8 Å². The van der Waals surface area contributed by atoms with Gasteiger partial charge >= 0.3 is 0 Å². The van der Waals surface area contributed by atoms with E-state index in [1.807, 2.05) is 0 Å². The smallest absolute Gasteiger partial charge is 0.0320 e. The quantitative estimate of drug-likeness (QED) is 0.496. The first-order valence-corrected chi connectivity index (χ1v) is 5.87. The normalized spacial score (nSPS) is 14.2. The van der Waals surface area contributed by atoms with Crippen LogP contribution >= 0.6 is 0 Å². The molecule has 78 valence electrons. The number of allylic oxidation sites excluding steroid dienone is 2. The third kappa shape index (κ3) is 6.86. The molecule has 0 aliphatic rings. The molecule has 0 aromatic rings. The lowest BCUT2D eigenvalue weighted by Gasteiger charge is -2.18. The zero-order valence-corrected chi connectivity index (χ0v) is 9.84. The zero-order chi connectivity index (χ0) is 10.1. The van der Waals surface area contributed by atoms with Crippen LogP contribution in [-0.4, -0.2) is 0 Å². The van der Waals surface area contributed by atoms with Gasteiger partial charge in [0.2, 0.25) is 0 Å². The van der Waals surface area contributed by atoms with Crippen LogP contribution < -0.4 is 0 Å². The van der Waals surface area contributed by atoms with Crippen LogP contribution in [0.2, 0.25) is 0 Å². The van der Waals surface area contributed by atoms with Gasteiger partial charge in [0.05, 0.1) is 0 Å². The van der Waals surface area contributed by atoms with Crippen molar-refractivity contribution < 1.29 is 0 Å². The van der Waals surface area contributed by atoms with Gasteiger partial charge in [-0.25, -0.2) is 0 Å². The predicted molar refractivity (Wildman–Crippen MR) is 61.9 cm³/mol. The largest absolute Gasteiger partial charge is 0.0888 e. The van der Waals surface area contributed by atoms with Crippen LogP contribution in [0.3, 0.4) is 0 Å². The summed E-state index contributed by atoms with van der Waals surface area (Å²) in [7, 11) is 0. The highest BCUT2D eigenvalue weighted by Gasteiger charge is 2.10. The Bertz CT molecular complexity index is 122. The molecule has 1 unspecified atom stereocenters. The molecule has 0 spiro atoms. The number of unbranched alkanes of at least 4 members (excludes halogenated alkanes) is 1.